The number of nitrogens with zero attached hydrogens (tertiary/aromatic N) is 2. The molecular formula is C20H22N2O. The topological polar surface area (TPSA) is 45.8 Å². The van der Waals surface area contributed by atoms with Crippen LogP contribution in [-0.2, 0) is 19.9 Å². The molecule has 0 radical (unpaired) electrons. The van der Waals surface area contributed by atoms with Gasteiger partial charge in [0.05, 0.1) is 6.07 Å². The smallest absolute Gasteiger partial charge is 0.192 e. The van der Waals surface area contributed by atoms with Gasteiger partial charge in [0.25, 0.3) is 0 Å². The molecule has 0 N–H and O–H groups in total. The summed E-state index contributed by atoms with van der Waals surface area (Å²) >= 11 is 0. The van der Waals surface area contributed by atoms with Crippen LogP contribution in [0.2, 0.25) is 0 Å². The molecule has 3 heteroatoms. The average molecular weight is 306 g/mol. The average Bonchev–Trinajstić information content (AvgIpc) is 2.56. The van der Waals surface area contributed by atoms with E-state index in [-0.39, 0.29) is 5.43 Å². The second-order valence-electron chi connectivity index (χ2n) is 5.63. The Kier molecular flexibility index (Phi) is 5.94. The van der Waals surface area contributed by atoms with Gasteiger partial charge in [-0.05, 0) is 30.4 Å². The first kappa shape index (κ1) is 16.8. The lowest BCUT2D eigenvalue weighted by atomic mass is 10.00. The predicted octanol–water partition coefficient (Wildman–Crippen LogP) is 4.02. The summed E-state index contributed by atoms with van der Waals surface area (Å²) in [4.78, 5) is 12.7. The SMILES string of the molecule is CC/C=C/Cc1cn(C)cc(-c2cccc(CCC#N)c2)c1=O. The normalized spacial score (nSPS) is 10.8. The number of aromatic nitrogens is 1. The number of pyridine rings is 1. The van der Waals surface area contributed by atoms with Gasteiger partial charge in [0.1, 0.15) is 0 Å². The molecule has 2 rings (SSSR count). The molecule has 0 saturated heterocycles. The molecule has 0 saturated carbocycles. The van der Waals surface area contributed by atoms with Crippen LogP contribution >= 0.6 is 0 Å². The maximum Gasteiger partial charge on any atom is 0.192 e. The first-order valence-electron chi connectivity index (χ1n) is 7.96. The van der Waals surface area contributed by atoms with Crippen molar-refractivity contribution in [1.29, 1.82) is 5.26 Å². The van der Waals surface area contributed by atoms with Gasteiger partial charge in [0, 0.05) is 37.0 Å². The Bertz CT molecular complexity index is 794. The third kappa shape index (κ3) is 4.43. The first-order chi connectivity index (χ1) is 11.2. The molecule has 0 bridgehead atoms. The third-order valence-electron chi connectivity index (χ3n) is 3.73. The summed E-state index contributed by atoms with van der Waals surface area (Å²) in [6.45, 7) is 2.08. The lowest BCUT2D eigenvalue weighted by Crippen LogP contribution is -2.14. The third-order valence-corrected chi connectivity index (χ3v) is 3.73. The number of hydrogen-bond acceptors (Lipinski definition) is 2. The molecule has 0 aliphatic rings. The highest BCUT2D eigenvalue weighted by atomic mass is 16.1. The van der Waals surface area contributed by atoms with Crippen LogP contribution in [-0.4, -0.2) is 4.57 Å². The monoisotopic (exact) mass is 306 g/mol. The minimum absolute atomic E-state index is 0.0845. The van der Waals surface area contributed by atoms with Crippen molar-refractivity contribution in [3.8, 4) is 17.2 Å². The van der Waals surface area contributed by atoms with E-state index in [9.17, 15) is 4.79 Å². The summed E-state index contributed by atoms with van der Waals surface area (Å²) in [6.07, 6.45) is 10.7. The summed E-state index contributed by atoms with van der Waals surface area (Å²) < 4.78 is 1.94. The van der Waals surface area contributed by atoms with Gasteiger partial charge < -0.3 is 4.57 Å². The standard InChI is InChI=1S/C20H22N2O/c1-3-4-5-10-18-14-22(2)15-19(20(18)23)17-11-6-8-16(13-17)9-7-12-21/h4-6,8,11,13-15H,3,7,9-10H2,1-2H3/b5-4+. The molecule has 0 fully saturated rings. The van der Waals surface area contributed by atoms with E-state index < -0.39 is 0 Å². The van der Waals surface area contributed by atoms with Gasteiger partial charge in [0.2, 0.25) is 0 Å². The second kappa shape index (κ2) is 8.14. The van der Waals surface area contributed by atoms with Crippen molar-refractivity contribution in [2.24, 2.45) is 7.05 Å². The van der Waals surface area contributed by atoms with Gasteiger partial charge in [-0.25, -0.2) is 0 Å². The number of hydrogen-bond donors (Lipinski definition) is 0. The van der Waals surface area contributed by atoms with E-state index >= 15 is 0 Å². The van der Waals surface area contributed by atoms with Crippen LogP contribution in [0.5, 0.6) is 0 Å². The number of allylic oxidation sites excluding steroid dienone is 2. The molecule has 23 heavy (non-hydrogen) atoms. The molecule has 2 aromatic rings. The van der Waals surface area contributed by atoms with E-state index in [1.807, 2.05) is 54.3 Å². The fourth-order valence-corrected chi connectivity index (χ4v) is 2.60. The summed E-state index contributed by atoms with van der Waals surface area (Å²) in [5, 5.41) is 8.72. The van der Waals surface area contributed by atoms with Crippen molar-refractivity contribution in [3.63, 3.8) is 0 Å². The molecule has 1 aromatic carbocycles. The van der Waals surface area contributed by atoms with E-state index in [0.29, 0.717) is 24.8 Å². The number of benzene rings is 1. The zero-order valence-corrected chi connectivity index (χ0v) is 13.7. The zero-order valence-electron chi connectivity index (χ0n) is 13.7. The Balaban J connectivity index is 2.41. The van der Waals surface area contributed by atoms with E-state index in [0.717, 1.165) is 23.1 Å². The highest BCUT2D eigenvalue weighted by Crippen LogP contribution is 2.18. The van der Waals surface area contributed by atoms with Gasteiger partial charge in [-0.3, -0.25) is 4.79 Å². The van der Waals surface area contributed by atoms with Crippen LogP contribution in [0.1, 0.15) is 30.9 Å². The molecule has 0 aliphatic carbocycles. The molecule has 1 aromatic heterocycles. The van der Waals surface area contributed by atoms with Crippen LogP contribution in [0.15, 0.2) is 53.6 Å². The lowest BCUT2D eigenvalue weighted by Gasteiger charge is -2.09. The van der Waals surface area contributed by atoms with Crippen molar-refractivity contribution in [2.75, 3.05) is 0 Å². The van der Waals surface area contributed by atoms with Crippen molar-refractivity contribution in [3.05, 3.63) is 70.2 Å². The highest BCUT2D eigenvalue weighted by molar-refractivity contribution is 5.64. The van der Waals surface area contributed by atoms with E-state index in [2.05, 4.69) is 19.1 Å². The number of aryl methyl sites for hydroxylation is 2. The van der Waals surface area contributed by atoms with Crippen LogP contribution < -0.4 is 5.43 Å². The minimum atomic E-state index is 0.0845. The van der Waals surface area contributed by atoms with Crippen molar-refractivity contribution in [2.45, 2.75) is 32.6 Å². The number of nitriles is 1. The zero-order chi connectivity index (χ0) is 16.7. The van der Waals surface area contributed by atoms with E-state index in [1.165, 1.54) is 0 Å². The second-order valence-corrected chi connectivity index (χ2v) is 5.63. The Morgan fingerprint density at radius 2 is 2.09 bits per heavy atom. The van der Waals surface area contributed by atoms with Crippen molar-refractivity contribution in [1.82, 2.24) is 4.57 Å². The molecule has 0 unspecified atom stereocenters. The molecule has 118 valence electrons. The predicted molar refractivity (Wildman–Crippen MR) is 94.2 cm³/mol. The molecule has 3 nitrogen and oxygen atoms in total. The summed E-state index contributed by atoms with van der Waals surface area (Å²) in [5.41, 5.74) is 3.61. The maximum absolute atomic E-state index is 12.7. The Labute approximate surface area is 137 Å². The number of rotatable bonds is 6. The molecule has 1 heterocycles. The van der Waals surface area contributed by atoms with Gasteiger partial charge in [-0.15, -0.1) is 0 Å². The Morgan fingerprint density at radius 3 is 2.83 bits per heavy atom. The quantitative estimate of drug-likeness (QED) is 0.757. The van der Waals surface area contributed by atoms with Crippen LogP contribution in [0.4, 0.5) is 0 Å². The molecular weight excluding hydrogens is 284 g/mol. The van der Waals surface area contributed by atoms with Crippen LogP contribution in [0, 0.1) is 11.3 Å². The van der Waals surface area contributed by atoms with Gasteiger partial charge in [0.15, 0.2) is 5.43 Å². The molecule has 0 aliphatic heterocycles. The summed E-state index contributed by atoms with van der Waals surface area (Å²) in [7, 11) is 1.94. The molecule has 0 amide bonds. The maximum atomic E-state index is 12.7. The lowest BCUT2D eigenvalue weighted by molar-refractivity contribution is 0.884. The van der Waals surface area contributed by atoms with Crippen molar-refractivity contribution >= 4 is 0 Å². The summed E-state index contributed by atoms with van der Waals surface area (Å²) in [5.74, 6) is 0. The van der Waals surface area contributed by atoms with Gasteiger partial charge >= 0.3 is 0 Å². The van der Waals surface area contributed by atoms with Crippen LogP contribution in [0.25, 0.3) is 11.1 Å². The first-order valence-corrected chi connectivity index (χ1v) is 7.96. The molecule has 0 atom stereocenters. The van der Waals surface area contributed by atoms with Crippen LogP contribution in [0.3, 0.4) is 0 Å². The van der Waals surface area contributed by atoms with Crippen molar-refractivity contribution < 1.29 is 0 Å². The van der Waals surface area contributed by atoms with E-state index in [1.54, 1.807) is 0 Å². The molecule has 0 spiro atoms. The fraction of sp³-hybridized carbons (Fsp3) is 0.300. The fourth-order valence-electron chi connectivity index (χ4n) is 2.60. The largest absolute Gasteiger partial charge is 0.356 e. The Hall–Kier alpha value is -2.60. The van der Waals surface area contributed by atoms with Gasteiger partial charge in [-0.2, -0.15) is 5.26 Å². The van der Waals surface area contributed by atoms with Gasteiger partial charge in [-0.1, -0.05) is 43.3 Å². The highest BCUT2D eigenvalue weighted by Gasteiger charge is 2.09. The Morgan fingerprint density at radius 1 is 1.26 bits per heavy atom. The minimum Gasteiger partial charge on any atom is -0.356 e. The van der Waals surface area contributed by atoms with E-state index in [4.69, 9.17) is 5.26 Å². The summed E-state index contributed by atoms with van der Waals surface area (Å²) in [6, 6.07) is 10.1.